The average Bonchev–Trinajstić information content (AvgIpc) is 2.53. The predicted molar refractivity (Wildman–Crippen MR) is 83.1 cm³/mol. The molecule has 1 aliphatic heterocycles. The molecule has 0 fully saturated rings. The zero-order chi connectivity index (χ0) is 14.8. The highest BCUT2D eigenvalue weighted by Gasteiger charge is 2.23. The number of aromatic nitrogens is 1. The Morgan fingerprint density at radius 2 is 2.19 bits per heavy atom. The van der Waals surface area contributed by atoms with Gasteiger partial charge in [-0.1, -0.05) is 30.3 Å². The molecule has 2 aromatic rings. The molecule has 1 unspecified atom stereocenters. The Morgan fingerprint density at radius 3 is 3.00 bits per heavy atom. The minimum absolute atomic E-state index is 0.0944. The van der Waals surface area contributed by atoms with E-state index < -0.39 is 0 Å². The second-order valence-corrected chi connectivity index (χ2v) is 5.44. The molecule has 108 valence electrons. The number of fused-ring (bicyclic) bond motifs is 1. The number of nitrogens with zero attached hydrogens (tertiary/aromatic N) is 3. The topological polar surface area (TPSA) is 74.7 Å². The molecule has 1 atom stereocenters. The van der Waals surface area contributed by atoms with Crippen molar-refractivity contribution in [3.8, 4) is 0 Å². The molecule has 2 heterocycles. The van der Waals surface area contributed by atoms with Crippen LogP contribution < -0.4 is 10.6 Å². The standard InChI is InChI=1S/C16H18N4O/c1-11-8-12-4-2-3-5-14(12)20(10-11)15-9-13(6-7-18-15)16(17)19-21/h2-7,9,11,21H,8,10H2,1H3,(H2,17,19). The lowest BCUT2D eigenvalue weighted by atomic mass is 9.94. The fraction of sp³-hybridized carbons (Fsp3) is 0.250. The van der Waals surface area contributed by atoms with Crippen molar-refractivity contribution in [1.82, 2.24) is 4.98 Å². The van der Waals surface area contributed by atoms with E-state index in [4.69, 9.17) is 10.9 Å². The van der Waals surface area contributed by atoms with E-state index in [1.54, 1.807) is 12.3 Å². The Balaban J connectivity index is 2.05. The third-order valence-electron chi connectivity index (χ3n) is 3.77. The molecular weight excluding hydrogens is 264 g/mol. The zero-order valence-corrected chi connectivity index (χ0v) is 11.9. The second-order valence-electron chi connectivity index (χ2n) is 5.44. The first kappa shape index (κ1) is 13.4. The van der Waals surface area contributed by atoms with Crippen LogP contribution in [0.5, 0.6) is 0 Å². The first-order valence-corrected chi connectivity index (χ1v) is 6.98. The Hall–Kier alpha value is -2.56. The molecule has 0 bridgehead atoms. The van der Waals surface area contributed by atoms with Gasteiger partial charge in [-0.15, -0.1) is 0 Å². The Labute approximate surface area is 123 Å². The lowest BCUT2D eigenvalue weighted by Crippen LogP contribution is -2.31. The van der Waals surface area contributed by atoms with Gasteiger partial charge >= 0.3 is 0 Å². The molecule has 21 heavy (non-hydrogen) atoms. The van der Waals surface area contributed by atoms with E-state index in [1.165, 1.54) is 11.3 Å². The van der Waals surface area contributed by atoms with Gasteiger partial charge in [0.25, 0.3) is 0 Å². The first-order valence-electron chi connectivity index (χ1n) is 6.98. The number of para-hydroxylation sites is 1. The molecule has 1 aliphatic rings. The van der Waals surface area contributed by atoms with Crippen molar-refractivity contribution >= 4 is 17.3 Å². The number of hydrogen-bond donors (Lipinski definition) is 2. The summed E-state index contributed by atoms with van der Waals surface area (Å²) in [6.07, 6.45) is 2.76. The summed E-state index contributed by atoms with van der Waals surface area (Å²) in [7, 11) is 0. The average molecular weight is 282 g/mol. The maximum absolute atomic E-state index is 8.82. The maximum Gasteiger partial charge on any atom is 0.170 e. The summed E-state index contributed by atoms with van der Waals surface area (Å²) in [4.78, 5) is 6.64. The predicted octanol–water partition coefficient (Wildman–Crippen LogP) is 2.51. The maximum atomic E-state index is 8.82. The van der Waals surface area contributed by atoms with Gasteiger partial charge in [0.1, 0.15) is 5.82 Å². The minimum atomic E-state index is 0.0944. The van der Waals surface area contributed by atoms with Crippen LogP contribution in [0.15, 0.2) is 47.8 Å². The van der Waals surface area contributed by atoms with Crippen LogP contribution in [-0.2, 0) is 6.42 Å². The van der Waals surface area contributed by atoms with Gasteiger partial charge < -0.3 is 15.8 Å². The van der Waals surface area contributed by atoms with Crippen molar-refractivity contribution in [3.05, 3.63) is 53.7 Å². The van der Waals surface area contributed by atoms with Gasteiger partial charge in [0.05, 0.1) is 0 Å². The Kier molecular flexibility index (Phi) is 3.48. The molecule has 1 aromatic heterocycles. The summed E-state index contributed by atoms with van der Waals surface area (Å²) in [5.74, 6) is 1.46. The molecule has 3 rings (SSSR count). The van der Waals surface area contributed by atoms with Gasteiger partial charge in [-0.25, -0.2) is 4.98 Å². The van der Waals surface area contributed by atoms with Crippen molar-refractivity contribution in [2.75, 3.05) is 11.4 Å². The van der Waals surface area contributed by atoms with E-state index in [2.05, 4.69) is 40.2 Å². The van der Waals surface area contributed by atoms with E-state index in [0.717, 1.165) is 18.8 Å². The molecule has 5 nitrogen and oxygen atoms in total. The SMILES string of the molecule is CC1Cc2ccccc2N(c2cc(C(N)=NO)ccn2)C1. The largest absolute Gasteiger partial charge is 0.409 e. The number of benzene rings is 1. The minimum Gasteiger partial charge on any atom is -0.409 e. The fourth-order valence-electron chi connectivity index (χ4n) is 2.80. The van der Waals surface area contributed by atoms with Gasteiger partial charge in [0.15, 0.2) is 5.84 Å². The number of oxime groups is 1. The van der Waals surface area contributed by atoms with Crippen LogP contribution >= 0.6 is 0 Å². The first-order chi connectivity index (χ1) is 10.2. The van der Waals surface area contributed by atoms with Crippen LogP contribution in [0.4, 0.5) is 11.5 Å². The third-order valence-corrected chi connectivity index (χ3v) is 3.77. The zero-order valence-electron chi connectivity index (χ0n) is 11.9. The summed E-state index contributed by atoms with van der Waals surface area (Å²) in [5, 5.41) is 11.9. The monoisotopic (exact) mass is 282 g/mol. The van der Waals surface area contributed by atoms with Gasteiger partial charge in [0, 0.05) is 24.0 Å². The molecule has 0 aliphatic carbocycles. The molecular formula is C16H18N4O. The van der Waals surface area contributed by atoms with Crippen LogP contribution in [0.25, 0.3) is 0 Å². The van der Waals surface area contributed by atoms with E-state index in [1.807, 2.05) is 12.1 Å². The van der Waals surface area contributed by atoms with E-state index >= 15 is 0 Å². The molecule has 3 N–H and O–H groups in total. The molecule has 0 saturated carbocycles. The summed E-state index contributed by atoms with van der Waals surface area (Å²) in [6, 6.07) is 12.0. The Morgan fingerprint density at radius 1 is 1.38 bits per heavy atom. The molecule has 1 aromatic carbocycles. The summed E-state index contributed by atoms with van der Waals surface area (Å²) < 4.78 is 0. The quantitative estimate of drug-likeness (QED) is 0.384. The van der Waals surface area contributed by atoms with Crippen molar-refractivity contribution < 1.29 is 5.21 Å². The number of hydrogen-bond acceptors (Lipinski definition) is 4. The van der Waals surface area contributed by atoms with Gasteiger partial charge in [-0.05, 0) is 36.1 Å². The van der Waals surface area contributed by atoms with Crippen molar-refractivity contribution in [1.29, 1.82) is 0 Å². The Bertz CT molecular complexity index is 683. The summed E-state index contributed by atoms with van der Waals surface area (Å²) in [6.45, 7) is 3.14. The summed E-state index contributed by atoms with van der Waals surface area (Å²) >= 11 is 0. The molecule has 0 saturated heterocycles. The molecule has 5 heteroatoms. The van der Waals surface area contributed by atoms with Crippen LogP contribution in [0.1, 0.15) is 18.1 Å². The summed E-state index contributed by atoms with van der Waals surface area (Å²) in [5.41, 5.74) is 8.84. The van der Waals surface area contributed by atoms with Crippen LogP contribution in [-0.4, -0.2) is 22.6 Å². The smallest absolute Gasteiger partial charge is 0.170 e. The molecule has 0 amide bonds. The normalized spacial score (nSPS) is 18.4. The van der Waals surface area contributed by atoms with E-state index in [9.17, 15) is 0 Å². The number of nitrogens with two attached hydrogens (primary N) is 1. The van der Waals surface area contributed by atoms with Gasteiger partial charge in [-0.3, -0.25) is 0 Å². The number of amidine groups is 1. The van der Waals surface area contributed by atoms with Crippen LogP contribution in [0, 0.1) is 5.92 Å². The van der Waals surface area contributed by atoms with Crippen molar-refractivity contribution in [2.45, 2.75) is 13.3 Å². The molecule has 0 radical (unpaired) electrons. The fourth-order valence-corrected chi connectivity index (χ4v) is 2.80. The van der Waals surface area contributed by atoms with Gasteiger partial charge in [-0.2, -0.15) is 0 Å². The van der Waals surface area contributed by atoms with E-state index in [0.29, 0.717) is 11.5 Å². The van der Waals surface area contributed by atoms with Crippen LogP contribution in [0.3, 0.4) is 0 Å². The van der Waals surface area contributed by atoms with Crippen molar-refractivity contribution in [3.63, 3.8) is 0 Å². The van der Waals surface area contributed by atoms with Crippen LogP contribution in [0.2, 0.25) is 0 Å². The second kappa shape index (κ2) is 5.44. The third kappa shape index (κ3) is 2.54. The highest BCUT2D eigenvalue weighted by molar-refractivity contribution is 5.97. The number of anilines is 2. The number of pyridine rings is 1. The van der Waals surface area contributed by atoms with Crippen molar-refractivity contribution in [2.24, 2.45) is 16.8 Å². The molecule has 0 spiro atoms. The van der Waals surface area contributed by atoms with E-state index in [-0.39, 0.29) is 5.84 Å². The van der Waals surface area contributed by atoms with Gasteiger partial charge in [0.2, 0.25) is 0 Å². The number of rotatable bonds is 2. The highest BCUT2D eigenvalue weighted by atomic mass is 16.4. The lowest BCUT2D eigenvalue weighted by molar-refractivity contribution is 0.318. The highest BCUT2D eigenvalue weighted by Crippen LogP contribution is 2.34. The lowest BCUT2D eigenvalue weighted by Gasteiger charge is -2.34.